The van der Waals surface area contributed by atoms with Crippen LogP contribution in [0.3, 0.4) is 0 Å². The van der Waals surface area contributed by atoms with Crippen molar-refractivity contribution < 1.29 is 19.1 Å². The van der Waals surface area contributed by atoms with Gasteiger partial charge in [-0.2, -0.15) is 0 Å². The van der Waals surface area contributed by atoms with Crippen molar-refractivity contribution in [2.45, 2.75) is 20.0 Å². The molecule has 0 unspecified atom stereocenters. The fraction of sp³-hybridized carbons (Fsp3) is 0.333. The zero-order valence-corrected chi connectivity index (χ0v) is 9.52. The summed E-state index contributed by atoms with van der Waals surface area (Å²) in [5.41, 5.74) is 0.609. The van der Waals surface area contributed by atoms with Crippen LogP contribution >= 0.6 is 0 Å². The first kappa shape index (κ1) is 12.2. The number of hydrogen-bond donors (Lipinski definition) is 0. The molecule has 1 aromatic carbocycles. The van der Waals surface area contributed by atoms with Crippen LogP contribution in [0.15, 0.2) is 24.3 Å². The summed E-state index contributed by atoms with van der Waals surface area (Å²) in [4.78, 5) is 22.1. The standard InChI is InChI=1S/C12H14O4/c1-8(13)10-4-6-11(7-5-10)16-9(2)12(14)15-3/h4-7,9H,1-3H3/t9-/m1/s1. The van der Waals surface area contributed by atoms with Crippen LogP contribution in [-0.4, -0.2) is 25.0 Å². The predicted molar refractivity (Wildman–Crippen MR) is 58.6 cm³/mol. The van der Waals surface area contributed by atoms with Gasteiger partial charge in [-0.3, -0.25) is 4.79 Å². The molecular weight excluding hydrogens is 208 g/mol. The average Bonchev–Trinajstić information content (AvgIpc) is 2.28. The lowest BCUT2D eigenvalue weighted by molar-refractivity contribution is -0.147. The number of rotatable bonds is 4. The van der Waals surface area contributed by atoms with Crippen molar-refractivity contribution in [1.29, 1.82) is 0 Å². The van der Waals surface area contributed by atoms with Crippen molar-refractivity contribution in [3.63, 3.8) is 0 Å². The second-order valence-electron chi connectivity index (χ2n) is 3.36. The Morgan fingerprint density at radius 1 is 1.19 bits per heavy atom. The minimum atomic E-state index is -0.659. The van der Waals surface area contributed by atoms with Crippen molar-refractivity contribution >= 4 is 11.8 Å². The fourth-order valence-electron chi connectivity index (χ4n) is 1.19. The molecule has 0 radical (unpaired) electrons. The van der Waals surface area contributed by atoms with Gasteiger partial charge in [0.25, 0.3) is 0 Å². The van der Waals surface area contributed by atoms with Gasteiger partial charge in [-0.15, -0.1) is 0 Å². The summed E-state index contributed by atoms with van der Waals surface area (Å²) in [6.07, 6.45) is -0.659. The van der Waals surface area contributed by atoms with Crippen LogP contribution in [0.1, 0.15) is 24.2 Å². The van der Waals surface area contributed by atoms with Gasteiger partial charge in [-0.1, -0.05) is 0 Å². The Hall–Kier alpha value is -1.84. The SMILES string of the molecule is COC(=O)[C@@H](C)Oc1ccc(C(C)=O)cc1. The zero-order chi connectivity index (χ0) is 12.1. The van der Waals surface area contributed by atoms with Crippen LogP contribution in [0, 0.1) is 0 Å². The summed E-state index contributed by atoms with van der Waals surface area (Å²) in [5.74, 6) is 0.0890. The Balaban J connectivity index is 2.68. The highest BCUT2D eigenvalue weighted by Gasteiger charge is 2.14. The minimum absolute atomic E-state index is 0.00688. The molecule has 0 heterocycles. The maximum absolute atomic E-state index is 11.1. The monoisotopic (exact) mass is 222 g/mol. The molecule has 0 aliphatic rings. The molecule has 0 saturated carbocycles. The lowest BCUT2D eigenvalue weighted by Gasteiger charge is -2.12. The molecule has 1 aromatic rings. The Kier molecular flexibility index (Phi) is 4.05. The van der Waals surface area contributed by atoms with Gasteiger partial charge in [0.15, 0.2) is 11.9 Å². The van der Waals surface area contributed by atoms with E-state index in [0.29, 0.717) is 11.3 Å². The second-order valence-corrected chi connectivity index (χ2v) is 3.36. The van der Waals surface area contributed by atoms with Crippen LogP contribution < -0.4 is 4.74 Å². The molecule has 0 bridgehead atoms. The quantitative estimate of drug-likeness (QED) is 0.576. The lowest BCUT2D eigenvalue weighted by Crippen LogP contribution is -2.24. The number of Topliss-reactive ketones (excluding diaryl/α,β-unsaturated/α-hetero) is 1. The maximum atomic E-state index is 11.1. The van der Waals surface area contributed by atoms with Crippen molar-refractivity contribution in [2.24, 2.45) is 0 Å². The number of benzene rings is 1. The highest BCUT2D eigenvalue weighted by molar-refractivity contribution is 5.94. The molecule has 0 fully saturated rings. The van der Waals surface area contributed by atoms with E-state index in [2.05, 4.69) is 4.74 Å². The molecule has 1 rings (SSSR count). The van der Waals surface area contributed by atoms with E-state index in [0.717, 1.165) is 0 Å². The smallest absolute Gasteiger partial charge is 0.346 e. The highest BCUT2D eigenvalue weighted by atomic mass is 16.6. The van der Waals surface area contributed by atoms with Crippen molar-refractivity contribution in [1.82, 2.24) is 0 Å². The average molecular weight is 222 g/mol. The minimum Gasteiger partial charge on any atom is -0.479 e. The van der Waals surface area contributed by atoms with Gasteiger partial charge >= 0.3 is 5.97 Å². The Morgan fingerprint density at radius 2 is 1.75 bits per heavy atom. The number of hydrogen-bond acceptors (Lipinski definition) is 4. The number of carbonyl (C=O) groups is 2. The molecule has 4 nitrogen and oxygen atoms in total. The first-order valence-electron chi connectivity index (χ1n) is 4.90. The topological polar surface area (TPSA) is 52.6 Å². The van der Waals surface area contributed by atoms with E-state index < -0.39 is 12.1 Å². The van der Waals surface area contributed by atoms with Crippen LogP contribution in [0.5, 0.6) is 5.75 Å². The van der Waals surface area contributed by atoms with Gasteiger partial charge in [-0.05, 0) is 38.1 Å². The van der Waals surface area contributed by atoms with Crippen LogP contribution in [0.2, 0.25) is 0 Å². The summed E-state index contributed by atoms with van der Waals surface area (Å²) < 4.78 is 9.84. The number of carbonyl (C=O) groups excluding carboxylic acids is 2. The Morgan fingerprint density at radius 3 is 2.19 bits per heavy atom. The van der Waals surface area contributed by atoms with E-state index in [1.165, 1.54) is 14.0 Å². The third-order valence-corrected chi connectivity index (χ3v) is 2.11. The lowest BCUT2D eigenvalue weighted by atomic mass is 10.1. The van der Waals surface area contributed by atoms with Crippen LogP contribution in [0.4, 0.5) is 0 Å². The van der Waals surface area contributed by atoms with Crippen LogP contribution in [0.25, 0.3) is 0 Å². The third kappa shape index (κ3) is 3.08. The number of methoxy groups -OCH3 is 1. The summed E-state index contributed by atoms with van der Waals surface area (Å²) in [5, 5.41) is 0. The summed E-state index contributed by atoms with van der Waals surface area (Å²) in [6.45, 7) is 3.09. The molecule has 0 spiro atoms. The van der Waals surface area contributed by atoms with E-state index in [1.54, 1.807) is 31.2 Å². The molecule has 0 aromatic heterocycles. The van der Waals surface area contributed by atoms with Gasteiger partial charge in [-0.25, -0.2) is 4.79 Å². The molecule has 0 saturated heterocycles. The van der Waals surface area contributed by atoms with Gasteiger partial charge < -0.3 is 9.47 Å². The fourth-order valence-corrected chi connectivity index (χ4v) is 1.19. The first-order valence-corrected chi connectivity index (χ1v) is 4.90. The van der Waals surface area contributed by atoms with Gasteiger partial charge in [0, 0.05) is 5.56 Å². The van der Waals surface area contributed by atoms with E-state index >= 15 is 0 Å². The van der Waals surface area contributed by atoms with Crippen molar-refractivity contribution in [2.75, 3.05) is 7.11 Å². The van der Waals surface area contributed by atoms with E-state index in [9.17, 15) is 9.59 Å². The Bertz CT molecular complexity index is 381. The number of esters is 1. The van der Waals surface area contributed by atoms with Crippen LogP contribution in [-0.2, 0) is 9.53 Å². The zero-order valence-electron chi connectivity index (χ0n) is 9.52. The first-order chi connectivity index (χ1) is 7.54. The summed E-state index contributed by atoms with van der Waals surface area (Å²) in [6, 6.07) is 6.61. The molecule has 1 atom stereocenters. The molecule has 0 amide bonds. The normalized spacial score (nSPS) is 11.7. The van der Waals surface area contributed by atoms with Gasteiger partial charge in [0.1, 0.15) is 5.75 Å². The highest BCUT2D eigenvalue weighted by Crippen LogP contribution is 2.14. The van der Waals surface area contributed by atoms with Gasteiger partial charge in [0.2, 0.25) is 0 Å². The van der Waals surface area contributed by atoms with Crippen molar-refractivity contribution in [3.8, 4) is 5.75 Å². The summed E-state index contributed by atoms with van der Waals surface area (Å²) in [7, 11) is 1.31. The summed E-state index contributed by atoms with van der Waals surface area (Å²) >= 11 is 0. The molecule has 0 N–H and O–H groups in total. The van der Waals surface area contributed by atoms with E-state index in [-0.39, 0.29) is 5.78 Å². The second kappa shape index (κ2) is 5.30. The molecule has 86 valence electrons. The van der Waals surface area contributed by atoms with E-state index in [4.69, 9.17) is 4.74 Å². The number of ketones is 1. The molecule has 0 aliphatic heterocycles. The predicted octanol–water partition coefficient (Wildman–Crippen LogP) is 1.83. The molecule has 0 aliphatic carbocycles. The molecule has 16 heavy (non-hydrogen) atoms. The van der Waals surface area contributed by atoms with Gasteiger partial charge in [0.05, 0.1) is 7.11 Å². The number of ether oxygens (including phenoxy) is 2. The van der Waals surface area contributed by atoms with E-state index in [1.807, 2.05) is 0 Å². The molecular formula is C12H14O4. The molecule has 4 heteroatoms. The third-order valence-electron chi connectivity index (χ3n) is 2.11. The maximum Gasteiger partial charge on any atom is 0.346 e. The van der Waals surface area contributed by atoms with Crippen molar-refractivity contribution in [3.05, 3.63) is 29.8 Å². The Labute approximate surface area is 94.2 Å². The largest absolute Gasteiger partial charge is 0.479 e.